The molecule has 25 heavy (non-hydrogen) atoms. The van der Waals surface area contributed by atoms with Gasteiger partial charge in [-0.2, -0.15) is 4.98 Å². The zero-order chi connectivity index (χ0) is 17.3. The van der Waals surface area contributed by atoms with Crippen LogP contribution in [0.1, 0.15) is 18.9 Å². The van der Waals surface area contributed by atoms with E-state index in [2.05, 4.69) is 68.4 Å². The summed E-state index contributed by atoms with van der Waals surface area (Å²) in [5.41, 5.74) is 1.26. The van der Waals surface area contributed by atoms with Crippen molar-refractivity contribution in [2.75, 3.05) is 49.5 Å². The smallest absolute Gasteiger partial charge is 0.224 e. The fourth-order valence-electron chi connectivity index (χ4n) is 2.91. The average Bonchev–Trinajstić information content (AvgIpc) is 2.68. The highest BCUT2D eigenvalue weighted by Gasteiger charge is 2.17. The Bertz CT molecular complexity index is 663. The molecule has 1 N–H and O–H groups in total. The van der Waals surface area contributed by atoms with Gasteiger partial charge in [-0.1, -0.05) is 49.4 Å². The van der Waals surface area contributed by atoms with Crippen LogP contribution in [-0.2, 0) is 0 Å². The number of anilines is 2. The van der Waals surface area contributed by atoms with Crippen LogP contribution >= 0.6 is 0 Å². The SMILES string of the molecule is CCCNc1nccc(N2CCN(C/C=C/c3ccccc3)CC2)n1. The first-order valence-corrected chi connectivity index (χ1v) is 9.11. The van der Waals surface area contributed by atoms with Gasteiger partial charge >= 0.3 is 0 Å². The molecule has 0 bridgehead atoms. The van der Waals surface area contributed by atoms with Crippen LogP contribution in [0.25, 0.3) is 6.08 Å². The molecule has 0 spiro atoms. The molecule has 0 unspecified atom stereocenters. The van der Waals surface area contributed by atoms with Crippen molar-refractivity contribution in [1.29, 1.82) is 0 Å². The van der Waals surface area contributed by atoms with Crippen LogP contribution in [0.4, 0.5) is 11.8 Å². The quantitative estimate of drug-likeness (QED) is 0.841. The molecule has 5 nitrogen and oxygen atoms in total. The molecule has 5 heteroatoms. The fraction of sp³-hybridized carbons (Fsp3) is 0.400. The van der Waals surface area contributed by atoms with Crippen molar-refractivity contribution in [2.45, 2.75) is 13.3 Å². The first kappa shape index (κ1) is 17.4. The van der Waals surface area contributed by atoms with Crippen LogP contribution in [0.3, 0.4) is 0 Å². The molecule has 0 radical (unpaired) electrons. The molecule has 1 aromatic carbocycles. The maximum absolute atomic E-state index is 4.63. The van der Waals surface area contributed by atoms with Gasteiger partial charge in [0.2, 0.25) is 5.95 Å². The summed E-state index contributed by atoms with van der Waals surface area (Å²) in [6.07, 6.45) is 7.36. The third-order valence-electron chi connectivity index (χ3n) is 4.34. The topological polar surface area (TPSA) is 44.3 Å². The molecule has 1 saturated heterocycles. The van der Waals surface area contributed by atoms with Gasteiger partial charge in [0, 0.05) is 45.5 Å². The highest BCUT2D eigenvalue weighted by molar-refractivity contribution is 5.49. The Hall–Kier alpha value is -2.40. The van der Waals surface area contributed by atoms with Crippen molar-refractivity contribution in [1.82, 2.24) is 14.9 Å². The summed E-state index contributed by atoms with van der Waals surface area (Å²) >= 11 is 0. The molecule has 0 atom stereocenters. The number of nitrogens with one attached hydrogen (secondary N) is 1. The lowest BCUT2D eigenvalue weighted by Gasteiger charge is -2.34. The minimum Gasteiger partial charge on any atom is -0.354 e. The lowest BCUT2D eigenvalue weighted by atomic mass is 10.2. The van der Waals surface area contributed by atoms with E-state index in [9.17, 15) is 0 Å². The molecule has 2 aromatic rings. The first-order valence-electron chi connectivity index (χ1n) is 9.11. The van der Waals surface area contributed by atoms with Crippen molar-refractivity contribution >= 4 is 17.8 Å². The van der Waals surface area contributed by atoms with Gasteiger partial charge < -0.3 is 10.2 Å². The number of aromatic nitrogens is 2. The molecular formula is C20H27N5. The summed E-state index contributed by atoms with van der Waals surface area (Å²) in [6.45, 7) is 8.16. The number of rotatable bonds is 7. The number of benzene rings is 1. The highest BCUT2D eigenvalue weighted by atomic mass is 15.3. The van der Waals surface area contributed by atoms with E-state index in [0.29, 0.717) is 0 Å². The molecule has 0 aliphatic carbocycles. The molecular weight excluding hydrogens is 310 g/mol. The Morgan fingerprint density at radius 3 is 2.64 bits per heavy atom. The second kappa shape index (κ2) is 9.18. The van der Waals surface area contributed by atoms with E-state index < -0.39 is 0 Å². The van der Waals surface area contributed by atoms with Crippen LogP contribution in [0, 0.1) is 0 Å². The predicted octanol–water partition coefficient (Wildman–Crippen LogP) is 3.13. The molecule has 2 heterocycles. The van der Waals surface area contributed by atoms with E-state index in [1.807, 2.05) is 18.3 Å². The lowest BCUT2D eigenvalue weighted by Crippen LogP contribution is -2.46. The lowest BCUT2D eigenvalue weighted by molar-refractivity contribution is 0.283. The molecule has 1 aliphatic rings. The van der Waals surface area contributed by atoms with Gasteiger partial charge in [0.15, 0.2) is 0 Å². The number of nitrogens with zero attached hydrogens (tertiary/aromatic N) is 4. The highest BCUT2D eigenvalue weighted by Crippen LogP contribution is 2.15. The first-order chi connectivity index (χ1) is 12.3. The number of hydrogen-bond acceptors (Lipinski definition) is 5. The minimum absolute atomic E-state index is 0.729. The monoisotopic (exact) mass is 337 g/mol. The molecule has 1 fully saturated rings. The minimum atomic E-state index is 0.729. The maximum atomic E-state index is 4.63. The standard InChI is InChI=1S/C20H27N5/c1-2-11-21-20-22-12-10-19(23-20)25-16-14-24(15-17-25)13-6-9-18-7-4-3-5-8-18/h3-10,12H,2,11,13-17H2,1H3,(H,21,22,23)/b9-6+. The Kier molecular flexibility index (Phi) is 6.40. The normalized spacial score (nSPS) is 15.6. The third kappa shape index (κ3) is 5.29. The molecule has 0 saturated carbocycles. The summed E-state index contributed by atoms with van der Waals surface area (Å²) in [7, 11) is 0. The van der Waals surface area contributed by atoms with Crippen molar-refractivity contribution in [2.24, 2.45) is 0 Å². The van der Waals surface area contributed by atoms with E-state index in [0.717, 1.165) is 57.5 Å². The Labute approximate surface area is 150 Å². The molecule has 3 rings (SSSR count). The van der Waals surface area contributed by atoms with Crippen molar-refractivity contribution in [3.05, 3.63) is 54.2 Å². The van der Waals surface area contributed by atoms with Crippen LogP contribution < -0.4 is 10.2 Å². The van der Waals surface area contributed by atoms with Crippen molar-refractivity contribution in [3.8, 4) is 0 Å². The summed E-state index contributed by atoms with van der Waals surface area (Å²) in [6, 6.07) is 12.5. The third-order valence-corrected chi connectivity index (χ3v) is 4.34. The summed E-state index contributed by atoms with van der Waals surface area (Å²) in [5.74, 6) is 1.75. The molecule has 1 aliphatic heterocycles. The second-order valence-electron chi connectivity index (χ2n) is 6.27. The number of piperazine rings is 1. The Morgan fingerprint density at radius 2 is 1.88 bits per heavy atom. The summed E-state index contributed by atoms with van der Waals surface area (Å²) in [5, 5.41) is 3.26. The van der Waals surface area contributed by atoms with Gasteiger partial charge in [0.1, 0.15) is 5.82 Å². The van der Waals surface area contributed by atoms with Gasteiger partial charge in [0.05, 0.1) is 0 Å². The van der Waals surface area contributed by atoms with Gasteiger partial charge in [-0.05, 0) is 18.1 Å². The van der Waals surface area contributed by atoms with Crippen LogP contribution in [0.5, 0.6) is 0 Å². The molecule has 0 amide bonds. The number of hydrogen-bond donors (Lipinski definition) is 1. The Balaban J connectivity index is 1.48. The largest absolute Gasteiger partial charge is 0.354 e. The van der Waals surface area contributed by atoms with E-state index >= 15 is 0 Å². The zero-order valence-corrected chi connectivity index (χ0v) is 14.9. The Morgan fingerprint density at radius 1 is 1.08 bits per heavy atom. The fourth-order valence-corrected chi connectivity index (χ4v) is 2.91. The van der Waals surface area contributed by atoms with E-state index in [4.69, 9.17) is 0 Å². The van der Waals surface area contributed by atoms with Gasteiger partial charge in [-0.3, -0.25) is 4.90 Å². The van der Waals surface area contributed by atoms with Gasteiger partial charge in [-0.25, -0.2) is 4.98 Å². The van der Waals surface area contributed by atoms with Crippen LogP contribution in [-0.4, -0.2) is 54.1 Å². The van der Waals surface area contributed by atoms with Crippen molar-refractivity contribution in [3.63, 3.8) is 0 Å². The van der Waals surface area contributed by atoms with Crippen molar-refractivity contribution < 1.29 is 0 Å². The predicted molar refractivity (Wildman–Crippen MR) is 105 cm³/mol. The average molecular weight is 337 g/mol. The van der Waals surface area contributed by atoms with E-state index in [-0.39, 0.29) is 0 Å². The second-order valence-corrected chi connectivity index (χ2v) is 6.27. The van der Waals surface area contributed by atoms with Crippen LogP contribution in [0.2, 0.25) is 0 Å². The summed E-state index contributed by atoms with van der Waals surface area (Å²) in [4.78, 5) is 13.7. The maximum Gasteiger partial charge on any atom is 0.224 e. The van der Waals surface area contributed by atoms with Crippen LogP contribution in [0.15, 0.2) is 48.7 Å². The van der Waals surface area contributed by atoms with E-state index in [1.165, 1.54) is 5.56 Å². The van der Waals surface area contributed by atoms with Gasteiger partial charge in [0.25, 0.3) is 0 Å². The van der Waals surface area contributed by atoms with E-state index in [1.54, 1.807) is 0 Å². The zero-order valence-electron chi connectivity index (χ0n) is 14.9. The molecule has 1 aromatic heterocycles. The summed E-state index contributed by atoms with van der Waals surface area (Å²) < 4.78 is 0. The van der Waals surface area contributed by atoms with Gasteiger partial charge in [-0.15, -0.1) is 0 Å². The molecule has 132 valence electrons.